The van der Waals surface area contributed by atoms with E-state index in [1.807, 2.05) is 43.6 Å². The van der Waals surface area contributed by atoms with E-state index in [9.17, 15) is 10.1 Å². The minimum atomic E-state index is -0.935. The highest BCUT2D eigenvalue weighted by Gasteiger charge is 2.52. The van der Waals surface area contributed by atoms with Crippen LogP contribution < -0.4 is 5.32 Å². The third-order valence-electron chi connectivity index (χ3n) is 7.10. The molecule has 1 aromatic carbocycles. The van der Waals surface area contributed by atoms with Crippen LogP contribution in [-0.2, 0) is 5.54 Å². The second kappa shape index (κ2) is 8.17. The fourth-order valence-electron chi connectivity index (χ4n) is 5.03. The Balaban J connectivity index is 1.47. The number of fused-ring (bicyclic) bond motifs is 1. The Hall–Kier alpha value is -3.99. The van der Waals surface area contributed by atoms with Gasteiger partial charge in [-0.1, -0.05) is 31.0 Å². The number of aromatic nitrogens is 5. The lowest BCUT2D eigenvalue weighted by Crippen LogP contribution is -2.52. The van der Waals surface area contributed by atoms with Gasteiger partial charge in [0.05, 0.1) is 18.0 Å². The standard InChI is InChI=1S/C25H25N7O/c1-24(15-26,25(10-5-6-11-25)16-28-23(33)18-7-3-2-4-8-18)32-14-19(13-31-32)21-20-9-12-27-22(20)30-17-29-21/h2-4,7-9,12-14,17H,5-6,10-11,16H2,1H3,(H,28,33)(H,27,29,30). The molecule has 0 spiro atoms. The van der Waals surface area contributed by atoms with Crippen LogP contribution >= 0.6 is 0 Å². The molecule has 1 amide bonds. The van der Waals surface area contributed by atoms with Gasteiger partial charge in [0.25, 0.3) is 5.91 Å². The Morgan fingerprint density at radius 1 is 1.24 bits per heavy atom. The van der Waals surface area contributed by atoms with Crippen LogP contribution in [0.4, 0.5) is 0 Å². The number of carbonyl (C=O) groups is 1. The molecule has 2 N–H and O–H groups in total. The van der Waals surface area contributed by atoms with Crippen molar-refractivity contribution in [2.45, 2.75) is 38.1 Å². The van der Waals surface area contributed by atoms with E-state index in [0.29, 0.717) is 12.1 Å². The predicted molar refractivity (Wildman–Crippen MR) is 124 cm³/mol. The summed E-state index contributed by atoms with van der Waals surface area (Å²) in [6.07, 6.45) is 10.7. The van der Waals surface area contributed by atoms with Gasteiger partial charge < -0.3 is 10.3 Å². The predicted octanol–water partition coefficient (Wildman–Crippen LogP) is 4.05. The number of hydrogen-bond donors (Lipinski definition) is 2. The third kappa shape index (κ3) is 3.46. The van der Waals surface area contributed by atoms with Crippen molar-refractivity contribution in [1.29, 1.82) is 5.26 Å². The highest BCUT2D eigenvalue weighted by Crippen LogP contribution is 2.49. The lowest BCUT2D eigenvalue weighted by molar-refractivity contribution is 0.0810. The molecule has 4 aromatic rings. The van der Waals surface area contributed by atoms with Gasteiger partial charge in [-0.2, -0.15) is 10.4 Å². The van der Waals surface area contributed by atoms with Crippen LogP contribution in [0.5, 0.6) is 0 Å². The summed E-state index contributed by atoms with van der Waals surface area (Å²) in [6, 6.07) is 13.7. The molecule has 166 valence electrons. The molecular weight excluding hydrogens is 414 g/mol. The summed E-state index contributed by atoms with van der Waals surface area (Å²) in [5, 5.41) is 19.0. The minimum absolute atomic E-state index is 0.126. The number of nitriles is 1. The molecule has 8 heteroatoms. The molecule has 0 radical (unpaired) electrons. The molecule has 1 atom stereocenters. The summed E-state index contributed by atoms with van der Waals surface area (Å²) in [7, 11) is 0. The summed E-state index contributed by atoms with van der Waals surface area (Å²) in [5.74, 6) is -0.126. The number of H-pyrrole nitrogens is 1. The second-order valence-corrected chi connectivity index (χ2v) is 8.86. The quantitative estimate of drug-likeness (QED) is 0.471. The molecule has 1 aliphatic carbocycles. The first-order valence-electron chi connectivity index (χ1n) is 11.1. The van der Waals surface area contributed by atoms with Crippen molar-refractivity contribution in [3.05, 3.63) is 66.9 Å². The first-order chi connectivity index (χ1) is 16.1. The fourth-order valence-corrected chi connectivity index (χ4v) is 5.03. The van der Waals surface area contributed by atoms with Crippen LogP contribution in [0.1, 0.15) is 43.0 Å². The van der Waals surface area contributed by atoms with Crippen molar-refractivity contribution in [2.24, 2.45) is 5.41 Å². The van der Waals surface area contributed by atoms with E-state index < -0.39 is 11.0 Å². The van der Waals surface area contributed by atoms with E-state index in [4.69, 9.17) is 0 Å². The second-order valence-electron chi connectivity index (χ2n) is 8.86. The Bertz CT molecular complexity index is 1330. The van der Waals surface area contributed by atoms with Gasteiger partial charge in [-0.25, -0.2) is 9.97 Å². The number of amides is 1. The SMILES string of the molecule is CC(C#N)(n1cc(-c2ncnc3[nH]ccc23)cn1)C1(CNC(=O)c2ccccc2)CCCC1. The first-order valence-corrected chi connectivity index (χ1v) is 11.1. The van der Waals surface area contributed by atoms with E-state index in [2.05, 4.69) is 31.4 Å². The third-order valence-corrected chi connectivity index (χ3v) is 7.10. The highest BCUT2D eigenvalue weighted by molar-refractivity contribution is 5.94. The molecule has 33 heavy (non-hydrogen) atoms. The van der Waals surface area contributed by atoms with Crippen LogP contribution in [0.3, 0.4) is 0 Å². The minimum Gasteiger partial charge on any atom is -0.351 e. The summed E-state index contributed by atoms with van der Waals surface area (Å²) in [6.45, 7) is 2.34. The molecule has 8 nitrogen and oxygen atoms in total. The number of nitrogens with zero attached hydrogens (tertiary/aromatic N) is 5. The van der Waals surface area contributed by atoms with Crippen LogP contribution in [0, 0.1) is 16.7 Å². The number of nitrogens with one attached hydrogen (secondary N) is 2. The van der Waals surface area contributed by atoms with Gasteiger partial charge in [-0.3, -0.25) is 9.48 Å². The van der Waals surface area contributed by atoms with Gasteiger partial charge in [0.1, 0.15) is 12.0 Å². The van der Waals surface area contributed by atoms with Crippen molar-refractivity contribution in [3.63, 3.8) is 0 Å². The number of hydrogen-bond acceptors (Lipinski definition) is 5. The highest BCUT2D eigenvalue weighted by atomic mass is 16.1. The van der Waals surface area contributed by atoms with Gasteiger partial charge in [-0.05, 0) is 38.0 Å². The van der Waals surface area contributed by atoms with Crippen molar-refractivity contribution >= 4 is 16.9 Å². The van der Waals surface area contributed by atoms with Crippen molar-refractivity contribution < 1.29 is 4.79 Å². The lowest BCUT2D eigenvalue weighted by Gasteiger charge is -2.42. The van der Waals surface area contributed by atoms with Crippen molar-refractivity contribution in [2.75, 3.05) is 6.54 Å². The van der Waals surface area contributed by atoms with Crippen molar-refractivity contribution in [3.8, 4) is 17.3 Å². The molecule has 1 aliphatic rings. The monoisotopic (exact) mass is 439 g/mol. The lowest BCUT2D eigenvalue weighted by atomic mass is 9.69. The Labute approximate surface area is 191 Å². The molecule has 1 saturated carbocycles. The maximum Gasteiger partial charge on any atom is 0.251 e. The molecule has 0 aliphatic heterocycles. The topological polar surface area (TPSA) is 112 Å². The Morgan fingerprint density at radius 2 is 2.03 bits per heavy atom. The Morgan fingerprint density at radius 3 is 2.79 bits per heavy atom. The summed E-state index contributed by atoms with van der Waals surface area (Å²) < 4.78 is 1.75. The van der Waals surface area contributed by atoms with Gasteiger partial charge in [0.15, 0.2) is 5.54 Å². The largest absolute Gasteiger partial charge is 0.351 e. The van der Waals surface area contributed by atoms with E-state index in [1.54, 1.807) is 23.0 Å². The average Bonchev–Trinajstić information content (AvgIpc) is 3.63. The normalized spacial score (nSPS) is 16.8. The molecular formula is C25H25N7O. The van der Waals surface area contributed by atoms with E-state index >= 15 is 0 Å². The van der Waals surface area contributed by atoms with Crippen LogP contribution in [-0.4, -0.2) is 37.2 Å². The smallest absolute Gasteiger partial charge is 0.251 e. The maximum atomic E-state index is 12.7. The number of aromatic amines is 1. The van der Waals surface area contributed by atoms with E-state index in [1.165, 1.54) is 6.33 Å². The summed E-state index contributed by atoms with van der Waals surface area (Å²) in [5.41, 5.74) is 1.60. The van der Waals surface area contributed by atoms with Gasteiger partial charge in [-0.15, -0.1) is 0 Å². The molecule has 3 aromatic heterocycles. The van der Waals surface area contributed by atoms with Crippen LogP contribution in [0.25, 0.3) is 22.3 Å². The first kappa shape index (κ1) is 20.9. The van der Waals surface area contributed by atoms with Gasteiger partial charge in [0.2, 0.25) is 0 Å². The molecule has 5 rings (SSSR count). The fraction of sp³-hybridized carbons (Fsp3) is 0.320. The van der Waals surface area contributed by atoms with Gasteiger partial charge in [0, 0.05) is 40.9 Å². The maximum absolute atomic E-state index is 12.7. The molecule has 1 fully saturated rings. The summed E-state index contributed by atoms with van der Waals surface area (Å²) >= 11 is 0. The van der Waals surface area contributed by atoms with Crippen LogP contribution in [0.15, 0.2) is 61.3 Å². The molecule has 0 bridgehead atoms. The number of rotatable bonds is 6. The molecule has 0 saturated heterocycles. The zero-order chi connectivity index (χ0) is 22.9. The number of benzene rings is 1. The zero-order valence-electron chi connectivity index (χ0n) is 18.5. The molecule has 1 unspecified atom stereocenters. The molecule has 3 heterocycles. The summed E-state index contributed by atoms with van der Waals surface area (Å²) in [4.78, 5) is 24.6. The van der Waals surface area contributed by atoms with E-state index in [-0.39, 0.29) is 5.91 Å². The van der Waals surface area contributed by atoms with E-state index in [0.717, 1.165) is 48.0 Å². The zero-order valence-corrected chi connectivity index (χ0v) is 18.5. The van der Waals surface area contributed by atoms with Gasteiger partial charge >= 0.3 is 0 Å². The average molecular weight is 440 g/mol. The van der Waals surface area contributed by atoms with Crippen molar-refractivity contribution in [1.82, 2.24) is 30.0 Å². The number of carbonyl (C=O) groups excluding carboxylic acids is 1. The Kier molecular flexibility index (Phi) is 5.17. The van der Waals surface area contributed by atoms with Crippen LogP contribution in [0.2, 0.25) is 0 Å².